The van der Waals surface area contributed by atoms with Gasteiger partial charge >= 0.3 is 0 Å². The van der Waals surface area contributed by atoms with Crippen LogP contribution in [0.3, 0.4) is 0 Å². The maximum atomic E-state index is 11.0. The van der Waals surface area contributed by atoms with Crippen molar-refractivity contribution < 1.29 is 4.79 Å². The van der Waals surface area contributed by atoms with Crippen molar-refractivity contribution in [1.29, 1.82) is 0 Å². The Morgan fingerprint density at radius 1 is 1.05 bits per heavy atom. The molecule has 0 bridgehead atoms. The summed E-state index contributed by atoms with van der Waals surface area (Å²) in [5.74, 6) is -0.322. The number of nitrogens with two attached hydrogens (primary N) is 1. The Morgan fingerprint density at radius 3 is 2.37 bits per heavy atom. The van der Waals surface area contributed by atoms with Crippen molar-refractivity contribution in [2.45, 2.75) is 6.42 Å². The predicted molar refractivity (Wildman–Crippen MR) is 78.2 cm³/mol. The van der Waals surface area contributed by atoms with Gasteiger partial charge in [0.1, 0.15) is 0 Å². The van der Waals surface area contributed by atoms with Crippen molar-refractivity contribution in [3.63, 3.8) is 0 Å². The van der Waals surface area contributed by atoms with E-state index in [0.717, 1.165) is 12.1 Å². The lowest BCUT2D eigenvalue weighted by Gasteiger charge is -2.21. The van der Waals surface area contributed by atoms with Gasteiger partial charge in [-0.2, -0.15) is 0 Å². The van der Waals surface area contributed by atoms with Gasteiger partial charge in [-0.3, -0.25) is 4.79 Å². The second-order valence-electron chi connectivity index (χ2n) is 4.61. The maximum absolute atomic E-state index is 11.0. The van der Waals surface area contributed by atoms with Gasteiger partial charge in [0.15, 0.2) is 0 Å². The summed E-state index contributed by atoms with van der Waals surface area (Å²) in [4.78, 5) is 12.9. The molecular weight excluding hydrogens is 236 g/mol. The molecule has 3 nitrogen and oxygen atoms in total. The summed E-state index contributed by atoms with van der Waals surface area (Å²) in [5, 5.41) is 0. The number of hydrogen-bond acceptors (Lipinski definition) is 2. The van der Waals surface area contributed by atoms with Crippen LogP contribution in [0.4, 0.5) is 5.69 Å². The fourth-order valence-electron chi connectivity index (χ4n) is 2.17. The minimum atomic E-state index is -0.322. The Balaban J connectivity index is 2.23. The van der Waals surface area contributed by atoms with Crippen molar-refractivity contribution in [2.75, 3.05) is 18.5 Å². The molecule has 0 spiro atoms. The van der Waals surface area contributed by atoms with Gasteiger partial charge in [0, 0.05) is 12.7 Å². The number of anilines is 1. The molecule has 2 N–H and O–H groups in total. The van der Waals surface area contributed by atoms with Gasteiger partial charge in [0.25, 0.3) is 0 Å². The fraction of sp³-hybridized carbons (Fsp3) is 0.188. The number of nitrogens with zero attached hydrogens (tertiary/aromatic N) is 1. The molecule has 0 heterocycles. The quantitative estimate of drug-likeness (QED) is 0.889. The summed E-state index contributed by atoms with van der Waals surface area (Å²) >= 11 is 0. The predicted octanol–water partition coefficient (Wildman–Crippen LogP) is 2.20. The molecule has 3 heteroatoms. The van der Waals surface area contributed by atoms with Crippen LogP contribution in [0.1, 0.15) is 11.1 Å². The molecule has 0 aliphatic rings. The molecule has 2 rings (SSSR count). The first kappa shape index (κ1) is 13.1. The zero-order chi connectivity index (χ0) is 13.7. The normalized spacial score (nSPS) is 10.2. The van der Waals surface area contributed by atoms with Gasteiger partial charge in [-0.1, -0.05) is 48.5 Å². The number of carbonyl (C=O) groups is 1. The third kappa shape index (κ3) is 3.58. The van der Waals surface area contributed by atoms with Crippen LogP contribution in [-0.4, -0.2) is 19.5 Å². The van der Waals surface area contributed by atoms with Crippen LogP contribution in [0.25, 0.3) is 0 Å². The molecule has 0 saturated carbocycles. The lowest BCUT2D eigenvalue weighted by Crippen LogP contribution is -2.31. The molecule has 0 radical (unpaired) electrons. The van der Waals surface area contributed by atoms with Crippen LogP contribution in [0.2, 0.25) is 0 Å². The van der Waals surface area contributed by atoms with Crippen molar-refractivity contribution in [3.8, 4) is 0 Å². The van der Waals surface area contributed by atoms with Crippen LogP contribution in [0, 0.1) is 0 Å². The largest absolute Gasteiger partial charge is 0.368 e. The van der Waals surface area contributed by atoms with Crippen LogP contribution in [0.15, 0.2) is 54.6 Å². The molecule has 2 aromatic carbocycles. The third-order valence-electron chi connectivity index (χ3n) is 3.03. The lowest BCUT2D eigenvalue weighted by atomic mass is 10.0. The number of carbonyl (C=O) groups excluding carboxylic acids is 1. The molecular formula is C16H18N2O. The fourth-order valence-corrected chi connectivity index (χ4v) is 2.17. The van der Waals surface area contributed by atoms with E-state index in [0.29, 0.717) is 0 Å². The van der Waals surface area contributed by atoms with E-state index >= 15 is 0 Å². The smallest absolute Gasteiger partial charge is 0.236 e. The van der Waals surface area contributed by atoms with E-state index in [-0.39, 0.29) is 12.5 Å². The van der Waals surface area contributed by atoms with Crippen LogP contribution in [0.5, 0.6) is 0 Å². The number of amides is 1. The van der Waals surface area contributed by atoms with Gasteiger partial charge < -0.3 is 10.6 Å². The molecule has 1 amide bonds. The standard InChI is InChI=1S/C16H18N2O/c1-18(12-16(17)19)15-10-6-5-9-14(15)11-13-7-3-2-4-8-13/h2-10H,11-12H2,1H3,(H2,17,19). The van der Waals surface area contributed by atoms with Crippen LogP contribution in [-0.2, 0) is 11.2 Å². The van der Waals surface area contributed by atoms with Gasteiger partial charge in [-0.25, -0.2) is 0 Å². The average Bonchev–Trinajstić information content (AvgIpc) is 2.39. The third-order valence-corrected chi connectivity index (χ3v) is 3.03. The minimum Gasteiger partial charge on any atom is -0.368 e. The molecule has 19 heavy (non-hydrogen) atoms. The van der Waals surface area contributed by atoms with Crippen LogP contribution >= 0.6 is 0 Å². The molecule has 98 valence electrons. The lowest BCUT2D eigenvalue weighted by molar-refractivity contribution is -0.116. The summed E-state index contributed by atoms with van der Waals surface area (Å²) in [5.41, 5.74) is 8.74. The first-order chi connectivity index (χ1) is 9.16. The van der Waals surface area contributed by atoms with Gasteiger partial charge in [-0.05, 0) is 23.6 Å². The zero-order valence-corrected chi connectivity index (χ0v) is 11.0. The van der Waals surface area contributed by atoms with E-state index in [2.05, 4.69) is 18.2 Å². The topological polar surface area (TPSA) is 46.3 Å². The molecule has 0 aromatic heterocycles. The van der Waals surface area contributed by atoms with Crippen molar-refractivity contribution >= 4 is 11.6 Å². The molecule has 0 aliphatic heterocycles. The number of benzene rings is 2. The summed E-state index contributed by atoms with van der Waals surface area (Å²) in [6.07, 6.45) is 0.847. The number of rotatable bonds is 5. The molecule has 0 aliphatic carbocycles. The summed E-state index contributed by atoms with van der Waals surface area (Å²) in [6.45, 7) is 0.228. The Labute approximate surface area is 113 Å². The molecule has 0 fully saturated rings. The first-order valence-corrected chi connectivity index (χ1v) is 6.28. The highest BCUT2D eigenvalue weighted by molar-refractivity contribution is 5.79. The zero-order valence-electron chi connectivity index (χ0n) is 11.0. The minimum absolute atomic E-state index is 0.228. The number of likely N-dealkylation sites (N-methyl/N-ethyl adjacent to an activating group) is 1. The summed E-state index contributed by atoms with van der Waals surface area (Å²) < 4.78 is 0. The molecule has 2 aromatic rings. The second kappa shape index (κ2) is 6.05. The van der Waals surface area contributed by atoms with E-state index in [1.165, 1.54) is 11.1 Å². The van der Waals surface area contributed by atoms with Gasteiger partial charge in [-0.15, -0.1) is 0 Å². The van der Waals surface area contributed by atoms with E-state index in [1.807, 2.05) is 48.3 Å². The number of hydrogen-bond donors (Lipinski definition) is 1. The van der Waals surface area contributed by atoms with Crippen molar-refractivity contribution in [2.24, 2.45) is 5.73 Å². The highest BCUT2D eigenvalue weighted by Crippen LogP contribution is 2.21. The van der Waals surface area contributed by atoms with Crippen LogP contribution < -0.4 is 10.6 Å². The van der Waals surface area contributed by atoms with Crippen molar-refractivity contribution in [3.05, 3.63) is 65.7 Å². The SMILES string of the molecule is CN(CC(N)=O)c1ccccc1Cc1ccccc1. The maximum Gasteiger partial charge on any atom is 0.236 e. The van der Waals surface area contributed by atoms with E-state index in [1.54, 1.807) is 0 Å². The summed E-state index contributed by atoms with van der Waals surface area (Å²) in [7, 11) is 1.88. The van der Waals surface area contributed by atoms with Gasteiger partial charge in [0.2, 0.25) is 5.91 Å². The Kier molecular flexibility index (Phi) is 4.18. The Bertz CT molecular complexity index is 552. The van der Waals surface area contributed by atoms with Crippen molar-refractivity contribution in [1.82, 2.24) is 0 Å². The highest BCUT2D eigenvalue weighted by Gasteiger charge is 2.09. The molecule has 0 saturated heterocycles. The Morgan fingerprint density at radius 2 is 1.68 bits per heavy atom. The Hall–Kier alpha value is -2.29. The second-order valence-corrected chi connectivity index (χ2v) is 4.61. The summed E-state index contributed by atoms with van der Waals surface area (Å²) in [6, 6.07) is 18.4. The molecule has 0 unspecified atom stereocenters. The first-order valence-electron chi connectivity index (χ1n) is 6.28. The van der Waals surface area contributed by atoms with E-state index in [4.69, 9.17) is 5.73 Å². The molecule has 0 atom stereocenters. The van der Waals surface area contributed by atoms with Gasteiger partial charge in [0.05, 0.1) is 6.54 Å². The number of primary amides is 1. The monoisotopic (exact) mass is 254 g/mol. The average molecular weight is 254 g/mol. The highest BCUT2D eigenvalue weighted by atomic mass is 16.1. The number of para-hydroxylation sites is 1. The van der Waals surface area contributed by atoms with E-state index in [9.17, 15) is 4.79 Å². The van der Waals surface area contributed by atoms with E-state index < -0.39 is 0 Å².